The summed E-state index contributed by atoms with van der Waals surface area (Å²) in [6.07, 6.45) is 89.5. The first-order valence-electron chi connectivity index (χ1n) is 35.7. The predicted octanol–water partition coefficient (Wildman–Crippen LogP) is 22.8. The van der Waals surface area contributed by atoms with Crippen LogP contribution in [0.4, 0.5) is 0 Å². The summed E-state index contributed by atoms with van der Waals surface area (Å²) in [5.41, 5.74) is 0. The maximum Gasteiger partial charge on any atom is 0.472 e. The zero-order chi connectivity index (χ0) is 62.8. The lowest BCUT2D eigenvalue weighted by Crippen LogP contribution is -2.47. The summed E-state index contributed by atoms with van der Waals surface area (Å²) in [5, 5.41) is 3.07. The molecule has 0 heterocycles. The molecular weight excluding hydrogens is 1080 g/mol. The highest BCUT2D eigenvalue weighted by Crippen LogP contribution is 2.43. The number of ether oxygens (including phenoxy) is 1. The van der Waals surface area contributed by atoms with Crippen LogP contribution >= 0.6 is 7.82 Å². The number of carbonyl (C=O) groups excluding carboxylic acids is 2. The number of likely N-dealkylation sites (N-methyl/N-ethyl adjacent to an activating group) is 1. The van der Waals surface area contributed by atoms with E-state index in [2.05, 4.69) is 123 Å². The molecule has 1 amide bonds. The molecule has 0 bridgehead atoms. The lowest BCUT2D eigenvalue weighted by Gasteiger charge is -2.27. The number of esters is 1. The van der Waals surface area contributed by atoms with Crippen molar-refractivity contribution in [1.29, 1.82) is 0 Å². The van der Waals surface area contributed by atoms with Crippen LogP contribution in [0.1, 0.15) is 310 Å². The van der Waals surface area contributed by atoms with Crippen LogP contribution in [0.3, 0.4) is 0 Å². The van der Waals surface area contributed by atoms with Gasteiger partial charge in [-0.25, -0.2) is 4.57 Å². The Morgan fingerprint density at radius 2 is 0.744 bits per heavy atom. The fourth-order valence-corrected chi connectivity index (χ4v) is 10.7. The van der Waals surface area contributed by atoms with E-state index in [4.69, 9.17) is 13.8 Å². The lowest BCUT2D eigenvalue weighted by atomic mass is 10.0. The highest BCUT2D eigenvalue weighted by atomic mass is 31.2. The first-order chi connectivity index (χ1) is 41.9. The Hall–Kier alpha value is -3.33. The molecule has 0 aromatic carbocycles. The van der Waals surface area contributed by atoms with Crippen molar-refractivity contribution in [1.82, 2.24) is 5.32 Å². The monoisotopic (exact) mass is 1220 g/mol. The van der Waals surface area contributed by atoms with Gasteiger partial charge >= 0.3 is 13.8 Å². The van der Waals surface area contributed by atoms with Gasteiger partial charge in [0, 0.05) is 12.8 Å². The third-order valence-electron chi connectivity index (χ3n) is 15.4. The van der Waals surface area contributed by atoms with Crippen LogP contribution in [-0.4, -0.2) is 74.3 Å². The van der Waals surface area contributed by atoms with Crippen LogP contribution in [0.2, 0.25) is 0 Å². The maximum atomic E-state index is 13.6. The minimum atomic E-state index is -4.46. The molecule has 496 valence electrons. The standard InChI is InChI=1S/C76H135N2O7P/c1-7-10-13-16-19-22-25-28-30-32-34-36-37-38-39-40-41-43-44-46-48-50-53-56-59-62-65-68-75(79)77-73(72-84-86(81,82)83-71-70-78(4,5)6)74(67-64-61-58-55-52-27-24-21-18-15-12-9-3)85-76(80)69-66-63-60-57-54-51-49-47-45-42-35-33-31-29-26-23-20-17-14-11-8-2/h10,13,19-20,22-23,28-31,34,36,38-39,41,43,64,67,73-74H,7-9,11-12,14-18,21,24-27,32-33,35,37,40,42,44-63,65-66,68-72H2,1-6H3,(H-,77,79,81,82)/p+1/b13-10-,22-19-,23-20-,30-28-,31-29-,36-34-,39-38-,43-41-,67-64-. The molecule has 0 spiro atoms. The van der Waals surface area contributed by atoms with Gasteiger partial charge in [-0.15, -0.1) is 0 Å². The second-order valence-electron chi connectivity index (χ2n) is 25.0. The van der Waals surface area contributed by atoms with E-state index in [0.717, 1.165) is 116 Å². The van der Waals surface area contributed by atoms with Crippen LogP contribution in [0, 0.1) is 0 Å². The van der Waals surface area contributed by atoms with E-state index in [1.54, 1.807) is 0 Å². The zero-order valence-corrected chi connectivity index (χ0v) is 57.7. The average molecular weight is 1220 g/mol. The third kappa shape index (κ3) is 65.1. The predicted molar refractivity (Wildman–Crippen MR) is 373 cm³/mol. The quantitative estimate of drug-likeness (QED) is 0.0205. The van der Waals surface area contributed by atoms with E-state index in [0.29, 0.717) is 17.4 Å². The SMILES string of the molecule is CC/C=C\C/C=C\C/C=C\C/C=C\C/C=C\C/C=C\CCCCCCCCCCC(=O)NC(COP(=O)(O)OCC[N+](C)(C)C)C(/C=C\CCCCCCCCCCCC)OC(=O)CCCCCCCCCCCCC/C=C\C/C=C\CCCCC. The molecule has 0 saturated carbocycles. The largest absolute Gasteiger partial charge is 0.472 e. The zero-order valence-electron chi connectivity index (χ0n) is 56.8. The smallest absolute Gasteiger partial charge is 0.456 e. The second-order valence-corrected chi connectivity index (χ2v) is 26.5. The third-order valence-corrected chi connectivity index (χ3v) is 16.4. The summed E-state index contributed by atoms with van der Waals surface area (Å²) in [7, 11) is 1.48. The number of nitrogens with zero attached hydrogens (tertiary/aromatic N) is 1. The molecule has 10 heteroatoms. The van der Waals surface area contributed by atoms with Crippen molar-refractivity contribution < 1.29 is 37.3 Å². The molecule has 0 aliphatic heterocycles. The summed E-state index contributed by atoms with van der Waals surface area (Å²) in [4.78, 5) is 37.9. The average Bonchev–Trinajstić information content (AvgIpc) is 3.67. The van der Waals surface area contributed by atoms with Crippen LogP contribution in [0.15, 0.2) is 109 Å². The summed E-state index contributed by atoms with van der Waals surface area (Å²) in [5.74, 6) is -0.515. The molecule has 0 saturated heterocycles. The van der Waals surface area contributed by atoms with Crippen molar-refractivity contribution in [3.8, 4) is 0 Å². The Bertz CT molecular complexity index is 1840. The normalized spacial score (nSPS) is 14.2. The molecule has 2 N–H and O–H groups in total. The van der Waals surface area contributed by atoms with Crippen molar-refractivity contribution >= 4 is 19.7 Å². The Morgan fingerprint density at radius 1 is 0.419 bits per heavy atom. The Balaban J connectivity index is 5.09. The highest BCUT2D eigenvalue weighted by Gasteiger charge is 2.30. The van der Waals surface area contributed by atoms with Crippen molar-refractivity contribution in [3.05, 3.63) is 109 Å². The van der Waals surface area contributed by atoms with Gasteiger partial charge in [-0.3, -0.25) is 18.6 Å². The van der Waals surface area contributed by atoms with Gasteiger partial charge in [0.2, 0.25) is 5.91 Å². The van der Waals surface area contributed by atoms with Crippen LogP contribution in [0.25, 0.3) is 0 Å². The molecule has 3 unspecified atom stereocenters. The van der Waals surface area contributed by atoms with Gasteiger partial charge < -0.3 is 19.4 Å². The first-order valence-corrected chi connectivity index (χ1v) is 37.2. The number of phosphoric ester groups is 1. The fraction of sp³-hybridized carbons (Fsp3) is 0.737. The number of nitrogens with one attached hydrogen (secondary N) is 1. The van der Waals surface area contributed by atoms with Gasteiger partial charge in [0.15, 0.2) is 0 Å². The molecular formula is C76H136N2O7P+. The van der Waals surface area contributed by atoms with E-state index >= 15 is 0 Å². The molecule has 86 heavy (non-hydrogen) atoms. The number of unbranched alkanes of at least 4 members (excludes halogenated alkanes) is 32. The molecule has 9 nitrogen and oxygen atoms in total. The van der Waals surface area contributed by atoms with Gasteiger partial charge in [0.1, 0.15) is 19.3 Å². The number of rotatable bonds is 64. The molecule has 0 rings (SSSR count). The van der Waals surface area contributed by atoms with Crippen LogP contribution in [0.5, 0.6) is 0 Å². The molecule has 0 fully saturated rings. The van der Waals surface area contributed by atoms with E-state index in [1.807, 2.05) is 33.3 Å². The topological polar surface area (TPSA) is 111 Å². The van der Waals surface area contributed by atoms with Gasteiger partial charge in [-0.1, -0.05) is 291 Å². The van der Waals surface area contributed by atoms with E-state index in [9.17, 15) is 19.0 Å². The number of amides is 1. The van der Waals surface area contributed by atoms with Crippen LogP contribution < -0.4 is 5.32 Å². The molecule has 0 aromatic heterocycles. The second kappa shape index (κ2) is 64.6. The minimum Gasteiger partial charge on any atom is -0.456 e. The molecule has 3 atom stereocenters. The van der Waals surface area contributed by atoms with Crippen molar-refractivity contribution in [3.63, 3.8) is 0 Å². The number of hydrogen-bond donors (Lipinski definition) is 2. The number of quaternary nitrogens is 1. The number of allylic oxidation sites excluding steroid dienone is 17. The van der Waals surface area contributed by atoms with Gasteiger partial charge in [0.05, 0.1) is 33.8 Å². The van der Waals surface area contributed by atoms with E-state index < -0.39 is 20.0 Å². The Kier molecular flexibility index (Phi) is 62.1. The van der Waals surface area contributed by atoms with Crippen molar-refractivity contribution in [2.75, 3.05) is 40.9 Å². The molecule has 0 aliphatic carbocycles. The van der Waals surface area contributed by atoms with Gasteiger partial charge in [-0.05, 0) is 115 Å². The van der Waals surface area contributed by atoms with E-state index in [1.165, 1.54) is 161 Å². The van der Waals surface area contributed by atoms with Crippen molar-refractivity contribution in [2.45, 2.75) is 322 Å². The summed E-state index contributed by atoms with van der Waals surface area (Å²) in [6.45, 7) is 6.88. The lowest BCUT2D eigenvalue weighted by molar-refractivity contribution is -0.870. The maximum absolute atomic E-state index is 13.6. The molecule has 0 aromatic rings. The first kappa shape index (κ1) is 82.7. The highest BCUT2D eigenvalue weighted by molar-refractivity contribution is 7.47. The Morgan fingerprint density at radius 3 is 1.14 bits per heavy atom. The van der Waals surface area contributed by atoms with E-state index in [-0.39, 0.29) is 31.5 Å². The fourth-order valence-electron chi connectivity index (χ4n) is 9.98. The summed E-state index contributed by atoms with van der Waals surface area (Å²) < 4.78 is 30.8. The number of phosphoric acid groups is 1. The van der Waals surface area contributed by atoms with Gasteiger partial charge in [0.25, 0.3) is 0 Å². The van der Waals surface area contributed by atoms with Crippen LogP contribution in [-0.2, 0) is 27.9 Å². The summed E-state index contributed by atoms with van der Waals surface area (Å²) >= 11 is 0. The number of hydrogen-bond acceptors (Lipinski definition) is 6. The molecule has 0 radical (unpaired) electrons. The Labute approximate surface area is 531 Å². The summed E-state index contributed by atoms with van der Waals surface area (Å²) in [6, 6.07) is -0.861. The molecule has 0 aliphatic rings. The van der Waals surface area contributed by atoms with Gasteiger partial charge in [-0.2, -0.15) is 0 Å². The minimum absolute atomic E-state index is 0.0338. The van der Waals surface area contributed by atoms with Crippen molar-refractivity contribution in [2.24, 2.45) is 0 Å². The number of carbonyl (C=O) groups is 2.